The van der Waals surface area contributed by atoms with Crippen molar-refractivity contribution in [2.75, 3.05) is 5.32 Å². The molecule has 3 N–H and O–H groups in total. The molecule has 0 saturated heterocycles. The summed E-state index contributed by atoms with van der Waals surface area (Å²) in [4.78, 5) is 12.3. The van der Waals surface area contributed by atoms with Gasteiger partial charge in [0.1, 0.15) is 12.1 Å². The van der Waals surface area contributed by atoms with E-state index in [-0.39, 0.29) is 0 Å². The van der Waals surface area contributed by atoms with Gasteiger partial charge >= 0.3 is 5.96 Å². The van der Waals surface area contributed by atoms with E-state index in [1.54, 1.807) is 0 Å². The minimum absolute atomic E-state index is 0.562. The van der Waals surface area contributed by atoms with E-state index in [1.165, 1.54) is 25.7 Å². The predicted molar refractivity (Wildman–Crippen MR) is 70.3 cm³/mol. The van der Waals surface area contributed by atoms with Crippen LogP contribution in [0.3, 0.4) is 0 Å². The number of guanidine groups is 1. The zero-order valence-corrected chi connectivity index (χ0v) is 11.0. The minimum atomic E-state index is 0.562. The Bertz CT molecular complexity index is 462. The van der Waals surface area contributed by atoms with Crippen molar-refractivity contribution >= 4 is 11.9 Å². The number of hydrogen-bond donors (Lipinski definition) is 3. The number of nitrogens with one attached hydrogen (secondary N) is 3. The zero-order valence-electron chi connectivity index (χ0n) is 11.0. The van der Waals surface area contributed by atoms with Crippen molar-refractivity contribution in [2.45, 2.75) is 51.6 Å². The highest BCUT2D eigenvalue weighted by molar-refractivity contribution is 5.88. The van der Waals surface area contributed by atoms with E-state index >= 15 is 0 Å². The normalized spacial score (nSPS) is 26.2. The molecule has 3 rings (SSSR count). The highest BCUT2D eigenvalue weighted by Crippen LogP contribution is 2.17. The van der Waals surface area contributed by atoms with Crippen LogP contribution in [0.5, 0.6) is 0 Å². The molecule has 5 heteroatoms. The van der Waals surface area contributed by atoms with E-state index < -0.39 is 0 Å². The van der Waals surface area contributed by atoms with E-state index in [0.29, 0.717) is 18.0 Å². The Balaban J connectivity index is 1.73. The van der Waals surface area contributed by atoms with Crippen molar-refractivity contribution in [1.82, 2.24) is 15.3 Å². The second kappa shape index (κ2) is 4.55. The number of anilines is 1. The van der Waals surface area contributed by atoms with Gasteiger partial charge in [0.05, 0.1) is 0 Å². The topological polar surface area (TPSA) is 63.8 Å². The molecule has 2 atom stereocenters. The predicted octanol–water partition coefficient (Wildman–Crippen LogP) is -0.144. The maximum atomic E-state index is 4.39. The Morgan fingerprint density at radius 3 is 2.67 bits per heavy atom. The first-order chi connectivity index (χ1) is 8.70. The fourth-order valence-electron chi connectivity index (χ4n) is 2.85. The van der Waals surface area contributed by atoms with Crippen LogP contribution in [-0.4, -0.2) is 28.0 Å². The second-order valence-electron chi connectivity index (χ2n) is 5.26. The van der Waals surface area contributed by atoms with Gasteiger partial charge in [0.2, 0.25) is 0 Å². The second-order valence-corrected chi connectivity index (χ2v) is 5.26. The summed E-state index contributed by atoms with van der Waals surface area (Å²) in [5.41, 5.74) is 1.97. The van der Waals surface area contributed by atoms with Crippen LogP contribution in [-0.2, 0) is 0 Å². The van der Waals surface area contributed by atoms with Crippen molar-refractivity contribution in [2.24, 2.45) is 0 Å². The fourth-order valence-corrected chi connectivity index (χ4v) is 2.85. The molecule has 1 saturated carbocycles. The Hall–Kier alpha value is -1.65. The third-order valence-electron chi connectivity index (χ3n) is 3.64. The van der Waals surface area contributed by atoms with Gasteiger partial charge in [-0.1, -0.05) is 0 Å². The molecule has 1 aliphatic heterocycles. The molecule has 2 aliphatic rings. The van der Waals surface area contributed by atoms with Crippen LogP contribution in [0.4, 0.5) is 5.95 Å². The molecule has 0 radical (unpaired) electrons. The van der Waals surface area contributed by atoms with Crippen molar-refractivity contribution in [3.05, 3.63) is 17.5 Å². The van der Waals surface area contributed by atoms with Crippen LogP contribution in [0.25, 0.3) is 0 Å². The van der Waals surface area contributed by atoms with Gasteiger partial charge in [-0.15, -0.1) is 0 Å². The maximum absolute atomic E-state index is 4.39. The lowest BCUT2D eigenvalue weighted by Gasteiger charge is -2.19. The van der Waals surface area contributed by atoms with Crippen molar-refractivity contribution in [1.29, 1.82) is 0 Å². The molecular weight excluding hydrogens is 226 g/mol. The molecular formula is C13H20N5+. The van der Waals surface area contributed by atoms with E-state index in [9.17, 15) is 0 Å². The summed E-state index contributed by atoms with van der Waals surface area (Å²) < 4.78 is 0. The van der Waals surface area contributed by atoms with Gasteiger partial charge in [0, 0.05) is 11.4 Å². The number of fused-ring (bicyclic) bond motifs is 1. The van der Waals surface area contributed by atoms with Crippen LogP contribution < -0.4 is 15.6 Å². The van der Waals surface area contributed by atoms with Crippen molar-refractivity contribution in [3.8, 4) is 0 Å². The van der Waals surface area contributed by atoms with Gasteiger partial charge < -0.3 is 0 Å². The largest absolute Gasteiger partial charge is 0.351 e. The van der Waals surface area contributed by atoms with E-state index in [4.69, 9.17) is 0 Å². The van der Waals surface area contributed by atoms with Crippen molar-refractivity contribution < 1.29 is 4.99 Å². The minimum Gasteiger partial charge on any atom is -0.271 e. The average Bonchev–Trinajstić information content (AvgIpc) is 2.69. The summed E-state index contributed by atoms with van der Waals surface area (Å²) in [5, 5.41) is 6.75. The Morgan fingerprint density at radius 2 is 1.94 bits per heavy atom. The summed E-state index contributed by atoms with van der Waals surface area (Å²) in [7, 11) is 0. The molecule has 0 amide bonds. The Kier molecular flexibility index (Phi) is 2.89. The number of nitrogens with zero attached hydrogens (tertiary/aromatic N) is 2. The third kappa shape index (κ3) is 2.30. The average molecular weight is 246 g/mol. The van der Waals surface area contributed by atoms with Gasteiger partial charge in [0.15, 0.2) is 0 Å². The quantitative estimate of drug-likeness (QED) is 0.645. The summed E-state index contributed by atoms with van der Waals surface area (Å²) >= 11 is 0. The highest BCUT2D eigenvalue weighted by atomic mass is 15.3. The molecule has 1 fully saturated rings. The van der Waals surface area contributed by atoms with E-state index in [2.05, 4.69) is 25.6 Å². The molecule has 0 spiro atoms. The maximum Gasteiger partial charge on any atom is 0.351 e. The first-order valence-corrected chi connectivity index (χ1v) is 6.70. The first-order valence-electron chi connectivity index (χ1n) is 6.70. The van der Waals surface area contributed by atoms with Gasteiger partial charge in [-0.3, -0.25) is 10.3 Å². The van der Waals surface area contributed by atoms with Gasteiger partial charge in [-0.05, 0) is 45.6 Å². The summed E-state index contributed by atoms with van der Waals surface area (Å²) in [6.45, 7) is 3.97. The standard InChI is InChI=1S/C13H19N5/c1-8-7-9(2)15-12(14-8)18-13-16-10-5-3-4-6-11(10)17-13/h7,10-11H,3-6H2,1-2H3,(H2,14,15,16,17,18)/p+1/t10-,11-/m0/s1. The number of rotatable bonds is 1. The van der Waals surface area contributed by atoms with E-state index in [1.807, 2.05) is 19.9 Å². The third-order valence-corrected chi connectivity index (χ3v) is 3.64. The molecule has 5 nitrogen and oxygen atoms in total. The van der Waals surface area contributed by atoms with Crippen LogP contribution in [0.2, 0.25) is 0 Å². The lowest BCUT2D eigenvalue weighted by molar-refractivity contribution is -0.498. The van der Waals surface area contributed by atoms with Gasteiger partial charge in [0.25, 0.3) is 5.95 Å². The lowest BCUT2D eigenvalue weighted by atomic mass is 9.92. The number of aromatic nitrogens is 2. The Morgan fingerprint density at radius 1 is 1.22 bits per heavy atom. The van der Waals surface area contributed by atoms with Gasteiger partial charge in [-0.2, -0.15) is 0 Å². The molecule has 0 unspecified atom stereocenters. The van der Waals surface area contributed by atoms with Crippen molar-refractivity contribution in [3.63, 3.8) is 0 Å². The summed E-state index contributed by atoms with van der Waals surface area (Å²) in [5.74, 6) is 1.62. The molecule has 1 aromatic rings. The summed E-state index contributed by atoms with van der Waals surface area (Å²) in [6.07, 6.45) is 5.14. The monoisotopic (exact) mass is 246 g/mol. The van der Waals surface area contributed by atoms with Crippen LogP contribution in [0.1, 0.15) is 37.1 Å². The smallest absolute Gasteiger partial charge is 0.271 e. The van der Waals surface area contributed by atoms with Crippen LogP contribution >= 0.6 is 0 Å². The van der Waals surface area contributed by atoms with Gasteiger partial charge in [-0.25, -0.2) is 15.3 Å². The lowest BCUT2D eigenvalue weighted by Crippen LogP contribution is -2.79. The SMILES string of the molecule is Cc1cc(C)nc(NC2=[NH+][C@H]3CCCC[C@@H]3N2)n1. The van der Waals surface area contributed by atoms with Crippen LogP contribution in [0.15, 0.2) is 6.07 Å². The molecule has 1 aromatic heterocycles. The van der Waals surface area contributed by atoms with Crippen LogP contribution in [0, 0.1) is 13.8 Å². The fraction of sp³-hybridized carbons (Fsp3) is 0.615. The molecule has 0 bridgehead atoms. The highest BCUT2D eigenvalue weighted by Gasteiger charge is 2.35. The zero-order chi connectivity index (χ0) is 12.5. The number of aryl methyl sites for hydroxylation is 2. The van der Waals surface area contributed by atoms with E-state index in [0.717, 1.165) is 17.3 Å². The molecule has 96 valence electrons. The Labute approximate surface area is 107 Å². The number of hydrogen-bond acceptors (Lipinski definition) is 4. The molecule has 0 aromatic carbocycles. The molecule has 1 aliphatic carbocycles. The molecule has 2 heterocycles. The summed E-state index contributed by atoms with van der Waals surface area (Å²) in [6, 6.07) is 3.10. The first kappa shape index (κ1) is 11.4. The molecule has 18 heavy (non-hydrogen) atoms.